The highest BCUT2D eigenvalue weighted by molar-refractivity contribution is 9.10. The Morgan fingerprint density at radius 1 is 1.21 bits per heavy atom. The summed E-state index contributed by atoms with van der Waals surface area (Å²) >= 11 is 5.34. The van der Waals surface area contributed by atoms with Gasteiger partial charge in [-0.25, -0.2) is 0 Å². The first-order valence-electron chi connectivity index (χ1n) is 6.22. The number of rotatable bonds is 4. The van der Waals surface area contributed by atoms with E-state index >= 15 is 0 Å². The van der Waals surface area contributed by atoms with E-state index in [1.807, 2.05) is 18.2 Å². The van der Waals surface area contributed by atoms with Gasteiger partial charge in [-0.15, -0.1) is 11.3 Å². The van der Waals surface area contributed by atoms with Gasteiger partial charge in [-0.2, -0.15) is 0 Å². The van der Waals surface area contributed by atoms with E-state index in [0.717, 1.165) is 15.8 Å². The summed E-state index contributed by atoms with van der Waals surface area (Å²) in [6.45, 7) is 4.29. The predicted molar refractivity (Wildman–Crippen MR) is 85.8 cm³/mol. The molecule has 0 amide bonds. The third-order valence-corrected chi connectivity index (χ3v) is 5.02. The SMILES string of the molecule is COc1ccc(Br)c(-c2ccc(C(N)C(C)C)s2)c1. The maximum absolute atomic E-state index is 6.20. The van der Waals surface area contributed by atoms with Crippen LogP contribution in [0.3, 0.4) is 0 Å². The standard InChI is InChI=1S/C15H18BrNOS/c1-9(2)15(17)14-7-6-13(19-14)11-8-10(18-3)4-5-12(11)16/h4-9,15H,17H2,1-3H3. The first-order chi connectivity index (χ1) is 9.02. The first kappa shape index (κ1) is 14.6. The van der Waals surface area contributed by atoms with E-state index in [0.29, 0.717) is 5.92 Å². The molecule has 0 aliphatic rings. The average Bonchev–Trinajstić information content (AvgIpc) is 2.87. The molecule has 0 saturated heterocycles. The second-order valence-electron chi connectivity index (χ2n) is 4.82. The minimum absolute atomic E-state index is 0.100. The molecule has 19 heavy (non-hydrogen) atoms. The minimum atomic E-state index is 0.100. The van der Waals surface area contributed by atoms with E-state index in [1.165, 1.54) is 9.75 Å². The molecule has 0 aliphatic heterocycles. The Hall–Kier alpha value is -0.840. The number of hydrogen-bond donors (Lipinski definition) is 1. The van der Waals surface area contributed by atoms with Crippen molar-refractivity contribution < 1.29 is 4.74 Å². The number of ether oxygens (including phenoxy) is 1. The Morgan fingerprint density at radius 3 is 2.58 bits per heavy atom. The van der Waals surface area contributed by atoms with Crippen molar-refractivity contribution in [3.63, 3.8) is 0 Å². The van der Waals surface area contributed by atoms with Crippen LogP contribution in [-0.2, 0) is 0 Å². The molecular weight excluding hydrogens is 322 g/mol. The van der Waals surface area contributed by atoms with Crippen LogP contribution in [0.4, 0.5) is 0 Å². The van der Waals surface area contributed by atoms with Gasteiger partial charge < -0.3 is 10.5 Å². The molecule has 4 heteroatoms. The van der Waals surface area contributed by atoms with Crippen LogP contribution in [-0.4, -0.2) is 7.11 Å². The van der Waals surface area contributed by atoms with Crippen LogP contribution in [0, 0.1) is 5.92 Å². The van der Waals surface area contributed by atoms with E-state index in [-0.39, 0.29) is 6.04 Å². The largest absolute Gasteiger partial charge is 0.497 e. The second-order valence-corrected chi connectivity index (χ2v) is 6.79. The summed E-state index contributed by atoms with van der Waals surface area (Å²) < 4.78 is 6.35. The highest BCUT2D eigenvalue weighted by atomic mass is 79.9. The van der Waals surface area contributed by atoms with Crippen LogP contribution in [0.5, 0.6) is 5.75 Å². The highest BCUT2D eigenvalue weighted by Crippen LogP contribution is 2.38. The van der Waals surface area contributed by atoms with Crippen molar-refractivity contribution in [2.24, 2.45) is 11.7 Å². The van der Waals surface area contributed by atoms with Crippen LogP contribution >= 0.6 is 27.3 Å². The molecule has 0 radical (unpaired) electrons. The molecule has 1 heterocycles. The van der Waals surface area contributed by atoms with Crippen LogP contribution in [0.2, 0.25) is 0 Å². The van der Waals surface area contributed by atoms with E-state index in [1.54, 1.807) is 18.4 Å². The topological polar surface area (TPSA) is 35.2 Å². The lowest BCUT2D eigenvalue weighted by Gasteiger charge is -2.13. The smallest absolute Gasteiger partial charge is 0.119 e. The van der Waals surface area contributed by atoms with Gasteiger partial charge in [0.05, 0.1) is 7.11 Å². The molecule has 2 rings (SSSR count). The van der Waals surface area contributed by atoms with Crippen molar-refractivity contribution in [2.45, 2.75) is 19.9 Å². The van der Waals surface area contributed by atoms with E-state index in [4.69, 9.17) is 10.5 Å². The van der Waals surface area contributed by atoms with E-state index < -0.39 is 0 Å². The van der Waals surface area contributed by atoms with Crippen molar-refractivity contribution in [3.8, 4) is 16.2 Å². The van der Waals surface area contributed by atoms with E-state index in [2.05, 4.69) is 41.9 Å². The lowest BCUT2D eigenvalue weighted by molar-refractivity contribution is 0.415. The summed E-state index contributed by atoms with van der Waals surface area (Å²) in [5.74, 6) is 1.31. The Kier molecular flexibility index (Phi) is 4.66. The normalized spacial score (nSPS) is 12.7. The quantitative estimate of drug-likeness (QED) is 0.864. The molecule has 0 saturated carbocycles. The molecule has 1 aromatic heterocycles. The second kappa shape index (κ2) is 6.07. The Balaban J connectivity index is 2.37. The van der Waals surface area contributed by atoms with Crippen LogP contribution in [0.15, 0.2) is 34.8 Å². The summed E-state index contributed by atoms with van der Waals surface area (Å²) in [5.41, 5.74) is 7.34. The van der Waals surface area contributed by atoms with Gasteiger partial charge >= 0.3 is 0 Å². The molecule has 1 atom stereocenters. The third kappa shape index (κ3) is 3.19. The van der Waals surface area contributed by atoms with Gasteiger partial charge in [0.25, 0.3) is 0 Å². The van der Waals surface area contributed by atoms with Gasteiger partial charge in [0.1, 0.15) is 5.75 Å². The average molecular weight is 340 g/mol. The monoisotopic (exact) mass is 339 g/mol. The van der Waals surface area contributed by atoms with E-state index in [9.17, 15) is 0 Å². The number of methoxy groups -OCH3 is 1. The number of halogens is 1. The number of hydrogen-bond acceptors (Lipinski definition) is 3. The lowest BCUT2D eigenvalue weighted by Crippen LogP contribution is -2.14. The fourth-order valence-corrected chi connectivity index (χ4v) is 3.63. The third-order valence-electron chi connectivity index (χ3n) is 3.11. The van der Waals surface area contributed by atoms with Crippen molar-refractivity contribution in [1.82, 2.24) is 0 Å². The molecule has 2 N–H and O–H groups in total. The predicted octanol–water partition coefficient (Wildman–Crippen LogP) is 4.84. The van der Waals surface area contributed by atoms with Gasteiger partial charge in [-0.3, -0.25) is 0 Å². The first-order valence-corrected chi connectivity index (χ1v) is 7.83. The minimum Gasteiger partial charge on any atom is -0.497 e. The zero-order valence-corrected chi connectivity index (χ0v) is 13.7. The fraction of sp³-hybridized carbons (Fsp3) is 0.333. The Morgan fingerprint density at radius 2 is 1.95 bits per heavy atom. The van der Waals surface area contributed by atoms with Crippen molar-refractivity contribution in [3.05, 3.63) is 39.7 Å². The molecule has 0 fully saturated rings. The van der Waals surface area contributed by atoms with Gasteiger partial charge in [-0.1, -0.05) is 29.8 Å². The van der Waals surface area contributed by atoms with Crippen molar-refractivity contribution >= 4 is 27.3 Å². The number of nitrogens with two attached hydrogens (primary N) is 1. The molecule has 2 aromatic rings. The van der Waals surface area contributed by atoms with Gasteiger partial charge in [0.2, 0.25) is 0 Å². The maximum Gasteiger partial charge on any atom is 0.119 e. The molecule has 0 bridgehead atoms. The summed E-state index contributed by atoms with van der Waals surface area (Å²) in [6, 6.07) is 10.3. The fourth-order valence-electron chi connectivity index (χ4n) is 1.83. The zero-order valence-electron chi connectivity index (χ0n) is 11.3. The number of benzene rings is 1. The molecule has 0 spiro atoms. The molecule has 1 aromatic carbocycles. The summed E-state index contributed by atoms with van der Waals surface area (Å²) in [5, 5.41) is 0. The van der Waals surface area contributed by atoms with Crippen LogP contribution in [0.25, 0.3) is 10.4 Å². The molecular formula is C15H18BrNOS. The summed E-state index contributed by atoms with van der Waals surface area (Å²) in [4.78, 5) is 2.43. The van der Waals surface area contributed by atoms with Crippen LogP contribution in [0.1, 0.15) is 24.8 Å². The maximum atomic E-state index is 6.20. The Labute approximate surface area is 126 Å². The summed E-state index contributed by atoms with van der Waals surface area (Å²) in [7, 11) is 1.68. The summed E-state index contributed by atoms with van der Waals surface area (Å²) in [6.07, 6.45) is 0. The lowest BCUT2D eigenvalue weighted by atomic mass is 10.0. The van der Waals surface area contributed by atoms with Crippen molar-refractivity contribution in [1.29, 1.82) is 0 Å². The van der Waals surface area contributed by atoms with Crippen LogP contribution < -0.4 is 10.5 Å². The van der Waals surface area contributed by atoms with Gasteiger partial charge in [-0.05, 0) is 36.2 Å². The molecule has 2 nitrogen and oxygen atoms in total. The molecule has 102 valence electrons. The molecule has 0 aliphatic carbocycles. The highest BCUT2D eigenvalue weighted by Gasteiger charge is 2.14. The number of thiophene rings is 1. The zero-order chi connectivity index (χ0) is 14.0. The van der Waals surface area contributed by atoms with Crippen molar-refractivity contribution in [2.75, 3.05) is 7.11 Å². The van der Waals surface area contributed by atoms with Gasteiger partial charge in [0.15, 0.2) is 0 Å². The van der Waals surface area contributed by atoms with Gasteiger partial charge in [0, 0.05) is 25.8 Å². The Bertz CT molecular complexity index is 565. The molecule has 1 unspecified atom stereocenters.